The molecule has 0 spiro atoms. The molecule has 0 aromatic heterocycles. The Hall–Kier alpha value is -0.800. The van der Waals surface area contributed by atoms with E-state index < -0.39 is 6.29 Å². The lowest BCUT2D eigenvalue weighted by molar-refractivity contribution is -0.100. The fraction of sp³-hybridized carbons (Fsp3) is 0.636. The molecule has 0 saturated heterocycles. The molecule has 2 N–H and O–H groups in total. The van der Waals surface area contributed by atoms with E-state index >= 15 is 0 Å². The average Bonchev–Trinajstić information content (AvgIpc) is 2.17. The van der Waals surface area contributed by atoms with Gasteiger partial charge in [-0.15, -0.1) is 0 Å². The summed E-state index contributed by atoms with van der Waals surface area (Å²) < 4.78 is 5.02. The number of ether oxygens (including phenoxy) is 1. The van der Waals surface area contributed by atoms with Crippen molar-refractivity contribution in [1.29, 1.82) is 0 Å². The maximum absolute atomic E-state index is 9.32. The molecule has 1 aliphatic rings. The number of rotatable bonds is 5. The van der Waals surface area contributed by atoms with Gasteiger partial charge in [-0.2, -0.15) is 0 Å². The molecular weight excluding hydrogens is 180 g/mol. The fourth-order valence-electron chi connectivity index (χ4n) is 1.50. The van der Waals surface area contributed by atoms with E-state index in [1.165, 1.54) is 0 Å². The van der Waals surface area contributed by atoms with Gasteiger partial charge in [0.25, 0.3) is 0 Å². The van der Waals surface area contributed by atoms with Crippen molar-refractivity contribution < 1.29 is 14.9 Å². The molecule has 1 aliphatic carbocycles. The van der Waals surface area contributed by atoms with Crippen molar-refractivity contribution in [2.45, 2.75) is 32.5 Å². The Morgan fingerprint density at radius 1 is 1.64 bits per heavy atom. The molecule has 1 rings (SSSR count). The van der Waals surface area contributed by atoms with E-state index in [0.29, 0.717) is 24.7 Å². The van der Waals surface area contributed by atoms with E-state index in [2.05, 4.69) is 0 Å². The summed E-state index contributed by atoms with van der Waals surface area (Å²) in [6.07, 6.45) is 7.24. The SMILES string of the molecule is CCOC(O)CCC1C=CC(O)=CC1. The minimum atomic E-state index is -0.645. The van der Waals surface area contributed by atoms with Crippen molar-refractivity contribution in [3.05, 3.63) is 24.0 Å². The molecule has 0 radical (unpaired) electrons. The van der Waals surface area contributed by atoms with Crippen molar-refractivity contribution >= 4 is 0 Å². The minimum absolute atomic E-state index is 0.339. The molecule has 0 aromatic rings. The Bertz CT molecular complexity index is 221. The summed E-state index contributed by atoms with van der Waals surface area (Å²) in [6, 6.07) is 0. The monoisotopic (exact) mass is 198 g/mol. The van der Waals surface area contributed by atoms with E-state index in [0.717, 1.165) is 12.8 Å². The smallest absolute Gasteiger partial charge is 0.154 e. The normalized spacial score (nSPS) is 23.3. The van der Waals surface area contributed by atoms with Crippen LogP contribution in [0.4, 0.5) is 0 Å². The van der Waals surface area contributed by atoms with Gasteiger partial charge in [0.1, 0.15) is 5.76 Å². The molecule has 0 aromatic carbocycles. The lowest BCUT2D eigenvalue weighted by atomic mass is 9.95. The molecule has 0 saturated carbocycles. The molecule has 14 heavy (non-hydrogen) atoms. The van der Waals surface area contributed by atoms with Crippen LogP contribution in [0.15, 0.2) is 24.0 Å². The van der Waals surface area contributed by atoms with Crippen LogP contribution >= 0.6 is 0 Å². The molecule has 3 nitrogen and oxygen atoms in total. The highest BCUT2D eigenvalue weighted by Gasteiger charge is 2.11. The Labute approximate surface area is 84.7 Å². The van der Waals surface area contributed by atoms with Crippen molar-refractivity contribution in [2.75, 3.05) is 6.61 Å². The standard InChI is InChI=1S/C11H18O3/c1-2-14-11(13)8-5-9-3-6-10(12)7-4-9/h3,6-7,9,11-13H,2,4-5,8H2,1H3. The van der Waals surface area contributed by atoms with Gasteiger partial charge in [-0.25, -0.2) is 0 Å². The number of hydrogen-bond donors (Lipinski definition) is 2. The third-order valence-corrected chi connectivity index (χ3v) is 2.31. The molecule has 0 amide bonds. The summed E-state index contributed by atoms with van der Waals surface area (Å²) in [5.74, 6) is 0.757. The Morgan fingerprint density at radius 2 is 2.43 bits per heavy atom. The summed E-state index contributed by atoms with van der Waals surface area (Å²) in [5, 5.41) is 18.4. The third-order valence-electron chi connectivity index (χ3n) is 2.31. The second-order valence-electron chi connectivity index (χ2n) is 3.47. The van der Waals surface area contributed by atoms with Crippen molar-refractivity contribution in [2.24, 2.45) is 5.92 Å². The zero-order chi connectivity index (χ0) is 10.4. The van der Waals surface area contributed by atoms with E-state index in [1.54, 1.807) is 12.2 Å². The van der Waals surface area contributed by atoms with Gasteiger partial charge in [-0.1, -0.05) is 6.08 Å². The molecule has 2 atom stereocenters. The van der Waals surface area contributed by atoms with Crippen LogP contribution in [0.3, 0.4) is 0 Å². The number of aliphatic hydroxyl groups excluding tert-OH is 2. The van der Waals surface area contributed by atoms with Crippen LogP contribution in [-0.4, -0.2) is 23.1 Å². The van der Waals surface area contributed by atoms with Gasteiger partial charge < -0.3 is 14.9 Å². The Kier molecular flexibility index (Phi) is 4.70. The maximum atomic E-state index is 9.32. The van der Waals surface area contributed by atoms with Crippen LogP contribution in [0.5, 0.6) is 0 Å². The van der Waals surface area contributed by atoms with Crippen molar-refractivity contribution in [3.8, 4) is 0 Å². The highest BCUT2D eigenvalue weighted by Crippen LogP contribution is 2.20. The lowest BCUT2D eigenvalue weighted by Gasteiger charge is -2.16. The zero-order valence-corrected chi connectivity index (χ0v) is 8.52. The second kappa shape index (κ2) is 5.83. The average molecular weight is 198 g/mol. The van der Waals surface area contributed by atoms with Gasteiger partial charge >= 0.3 is 0 Å². The first-order valence-electron chi connectivity index (χ1n) is 5.09. The van der Waals surface area contributed by atoms with Gasteiger partial charge in [0.15, 0.2) is 6.29 Å². The molecule has 3 heteroatoms. The number of hydrogen-bond acceptors (Lipinski definition) is 3. The van der Waals surface area contributed by atoms with E-state index in [9.17, 15) is 5.11 Å². The summed E-state index contributed by atoms with van der Waals surface area (Å²) in [7, 11) is 0. The van der Waals surface area contributed by atoms with Crippen LogP contribution in [0.25, 0.3) is 0 Å². The summed E-state index contributed by atoms with van der Waals surface area (Å²) in [6.45, 7) is 2.41. The highest BCUT2D eigenvalue weighted by atomic mass is 16.6. The Morgan fingerprint density at radius 3 is 3.00 bits per heavy atom. The van der Waals surface area contributed by atoms with Crippen LogP contribution in [0.1, 0.15) is 26.2 Å². The minimum Gasteiger partial charge on any atom is -0.508 e. The molecule has 0 fully saturated rings. The summed E-state index contributed by atoms with van der Waals surface area (Å²) >= 11 is 0. The van der Waals surface area contributed by atoms with Gasteiger partial charge in [-0.3, -0.25) is 0 Å². The lowest BCUT2D eigenvalue weighted by Crippen LogP contribution is -2.13. The van der Waals surface area contributed by atoms with Crippen LogP contribution in [0, 0.1) is 5.92 Å². The van der Waals surface area contributed by atoms with Crippen molar-refractivity contribution in [3.63, 3.8) is 0 Å². The van der Waals surface area contributed by atoms with Gasteiger partial charge in [0.05, 0.1) is 0 Å². The van der Waals surface area contributed by atoms with Crippen molar-refractivity contribution in [1.82, 2.24) is 0 Å². The topological polar surface area (TPSA) is 49.7 Å². The summed E-state index contributed by atoms with van der Waals surface area (Å²) in [5.41, 5.74) is 0. The van der Waals surface area contributed by atoms with Gasteiger partial charge in [-0.05, 0) is 44.3 Å². The van der Waals surface area contributed by atoms with E-state index in [4.69, 9.17) is 9.84 Å². The van der Waals surface area contributed by atoms with Crippen LogP contribution < -0.4 is 0 Å². The molecular formula is C11H18O3. The van der Waals surface area contributed by atoms with E-state index in [-0.39, 0.29) is 0 Å². The second-order valence-corrected chi connectivity index (χ2v) is 3.47. The number of allylic oxidation sites excluding steroid dienone is 3. The van der Waals surface area contributed by atoms with Crippen LogP contribution in [0.2, 0.25) is 0 Å². The first-order chi connectivity index (χ1) is 6.72. The molecule has 2 unspecified atom stereocenters. The maximum Gasteiger partial charge on any atom is 0.154 e. The molecule has 0 aliphatic heterocycles. The summed E-state index contributed by atoms with van der Waals surface area (Å²) in [4.78, 5) is 0. The van der Waals surface area contributed by atoms with Crippen LogP contribution in [-0.2, 0) is 4.74 Å². The first kappa shape index (κ1) is 11.3. The first-order valence-corrected chi connectivity index (χ1v) is 5.09. The molecule has 0 bridgehead atoms. The fourth-order valence-corrected chi connectivity index (χ4v) is 1.50. The third kappa shape index (κ3) is 3.94. The highest BCUT2D eigenvalue weighted by molar-refractivity contribution is 5.16. The predicted molar refractivity (Wildman–Crippen MR) is 54.8 cm³/mol. The van der Waals surface area contributed by atoms with E-state index in [1.807, 2.05) is 13.0 Å². The quantitative estimate of drug-likeness (QED) is 0.665. The van der Waals surface area contributed by atoms with Gasteiger partial charge in [0, 0.05) is 6.61 Å². The van der Waals surface area contributed by atoms with Gasteiger partial charge in [0.2, 0.25) is 0 Å². The Balaban J connectivity index is 2.17. The predicted octanol–water partition coefficient (Wildman–Crippen LogP) is 2.14. The molecule has 80 valence electrons. The zero-order valence-electron chi connectivity index (χ0n) is 8.52. The largest absolute Gasteiger partial charge is 0.508 e. The molecule has 0 heterocycles. The number of aliphatic hydroxyl groups is 2.